The molecule has 0 saturated heterocycles. The first-order chi connectivity index (χ1) is 8.20. The van der Waals surface area contributed by atoms with E-state index in [4.69, 9.17) is 0 Å². The lowest BCUT2D eigenvalue weighted by Crippen LogP contribution is -2.17. The van der Waals surface area contributed by atoms with Crippen molar-refractivity contribution in [2.45, 2.75) is 32.9 Å². The Labute approximate surface area is 106 Å². The fourth-order valence-corrected chi connectivity index (χ4v) is 2.69. The van der Waals surface area contributed by atoms with Crippen molar-refractivity contribution >= 4 is 11.3 Å². The van der Waals surface area contributed by atoms with E-state index in [1.54, 1.807) is 11.3 Å². The Hall–Kier alpha value is -1.13. The van der Waals surface area contributed by atoms with Crippen LogP contribution in [-0.2, 0) is 20.0 Å². The Morgan fingerprint density at radius 3 is 3.00 bits per heavy atom. The molecule has 2 aromatic rings. The minimum Gasteiger partial charge on any atom is -0.305 e. The first-order valence-electron chi connectivity index (χ1n) is 5.99. The second-order valence-corrected chi connectivity index (χ2v) is 5.23. The van der Waals surface area contributed by atoms with Gasteiger partial charge in [-0.15, -0.1) is 11.3 Å². The Morgan fingerprint density at radius 2 is 2.35 bits per heavy atom. The van der Waals surface area contributed by atoms with Crippen LogP contribution < -0.4 is 5.32 Å². The first-order valence-corrected chi connectivity index (χ1v) is 6.86. The zero-order chi connectivity index (χ0) is 12.3. The van der Waals surface area contributed by atoms with Crippen LogP contribution in [0.25, 0.3) is 0 Å². The molecular weight excluding hydrogens is 230 g/mol. The highest BCUT2D eigenvalue weighted by molar-refractivity contribution is 7.10. The molecule has 4 heteroatoms. The van der Waals surface area contributed by atoms with Gasteiger partial charge >= 0.3 is 0 Å². The smallest absolute Gasteiger partial charge is 0.0666 e. The highest BCUT2D eigenvalue weighted by Gasteiger charge is 2.09. The number of thiophene rings is 1. The summed E-state index contributed by atoms with van der Waals surface area (Å²) in [6.07, 6.45) is 3.10. The first kappa shape index (κ1) is 12.3. The second-order valence-electron chi connectivity index (χ2n) is 4.25. The van der Waals surface area contributed by atoms with E-state index in [-0.39, 0.29) is 0 Å². The van der Waals surface area contributed by atoms with E-state index in [1.807, 2.05) is 11.7 Å². The average Bonchev–Trinajstić information content (AvgIpc) is 2.94. The molecule has 1 N–H and O–H groups in total. The molecule has 2 rings (SSSR count). The van der Waals surface area contributed by atoms with Crippen molar-refractivity contribution in [1.82, 2.24) is 15.1 Å². The summed E-state index contributed by atoms with van der Waals surface area (Å²) in [5, 5.41) is 10.1. The number of rotatable bonds is 5. The van der Waals surface area contributed by atoms with Gasteiger partial charge in [0.15, 0.2) is 0 Å². The third-order valence-corrected chi connectivity index (χ3v) is 3.95. The van der Waals surface area contributed by atoms with Crippen LogP contribution in [0.4, 0.5) is 0 Å². The number of hydrogen-bond donors (Lipinski definition) is 1. The van der Waals surface area contributed by atoms with Gasteiger partial charge in [-0.25, -0.2) is 0 Å². The predicted octanol–water partition coefficient (Wildman–Crippen LogP) is 2.89. The monoisotopic (exact) mass is 249 g/mol. The maximum atomic E-state index is 4.45. The van der Waals surface area contributed by atoms with Gasteiger partial charge in [0.2, 0.25) is 0 Å². The summed E-state index contributed by atoms with van der Waals surface area (Å²) in [6, 6.07) is 4.67. The molecule has 0 saturated carbocycles. The molecule has 17 heavy (non-hydrogen) atoms. The minimum absolute atomic E-state index is 0.403. The van der Waals surface area contributed by atoms with Crippen LogP contribution >= 0.6 is 11.3 Å². The normalized spacial score (nSPS) is 12.9. The number of nitrogens with zero attached hydrogens (tertiary/aromatic N) is 2. The summed E-state index contributed by atoms with van der Waals surface area (Å²) < 4.78 is 1.89. The Morgan fingerprint density at radius 1 is 1.53 bits per heavy atom. The molecule has 1 atom stereocenters. The molecular formula is C13H19N3S. The van der Waals surface area contributed by atoms with Gasteiger partial charge in [0, 0.05) is 36.3 Å². The quantitative estimate of drug-likeness (QED) is 0.883. The summed E-state index contributed by atoms with van der Waals surface area (Å²) in [5.41, 5.74) is 2.50. The number of hydrogen-bond acceptors (Lipinski definition) is 3. The largest absolute Gasteiger partial charge is 0.305 e. The molecule has 0 fully saturated rings. The zero-order valence-corrected chi connectivity index (χ0v) is 11.4. The van der Waals surface area contributed by atoms with Gasteiger partial charge in [-0.05, 0) is 24.8 Å². The van der Waals surface area contributed by atoms with Crippen molar-refractivity contribution in [1.29, 1.82) is 0 Å². The standard InChI is InChI=1S/C13H19N3S/c1-4-12-11(9-16(3)15-12)8-14-10(2)13-6-5-7-17-13/h5-7,9-10,14H,4,8H2,1-3H3/t10-/m1/s1. The van der Waals surface area contributed by atoms with Crippen molar-refractivity contribution in [2.75, 3.05) is 0 Å². The van der Waals surface area contributed by atoms with Crippen LogP contribution in [0.3, 0.4) is 0 Å². The van der Waals surface area contributed by atoms with Gasteiger partial charge in [-0.1, -0.05) is 13.0 Å². The topological polar surface area (TPSA) is 29.9 Å². The van der Waals surface area contributed by atoms with Crippen LogP contribution in [0.1, 0.15) is 36.0 Å². The van der Waals surface area contributed by atoms with Gasteiger partial charge in [-0.2, -0.15) is 5.10 Å². The molecule has 0 aliphatic heterocycles. The van der Waals surface area contributed by atoms with E-state index >= 15 is 0 Å². The molecule has 0 aliphatic carbocycles. The molecule has 0 bridgehead atoms. The lowest BCUT2D eigenvalue weighted by Gasteiger charge is -2.11. The van der Waals surface area contributed by atoms with E-state index < -0.39 is 0 Å². The second kappa shape index (κ2) is 5.47. The van der Waals surface area contributed by atoms with Crippen LogP contribution in [-0.4, -0.2) is 9.78 Å². The third-order valence-electron chi connectivity index (χ3n) is 2.90. The molecule has 3 nitrogen and oxygen atoms in total. The highest BCUT2D eigenvalue weighted by Crippen LogP contribution is 2.19. The highest BCUT2D eigenvalue weighted by atomic mass is 32.1. The lowest BCUT2D eigenvalue weighted by atomic mass is 10.2. The zero-order valence-electron chi connectivity index (χ0n) is 10.6. The van der Waals surface area contributed by atoms with Crippen molar-refractivity contribution in [3.63, 3.8) is 0 Å². The average molecular weight is 249 g/mol. The van der Waals surface area contributed by atoms with E-state index in [0.29, 0.717) is 6.04 Å². The molecule has 0 spiro atoms. The summed E-state index contributed by atoms with van der Waals surface area (Å²) >= 11 is 1.80. The molecule has 0 radical (unpaired) electrons. The molecule has 0 amide bonds. The summed E-state index contributed by atoms with van der Waals surface area (Å²) in [7, 11) is 1.98. The Bertz CT molecular complexity index is 459. The minimum atomic E-state index is 0.403. The van der Waals surface area contributed by atoms with Crippen LogP contribution in [0, 0.1) is 0 Å². The van der Waals surface area contributed by atoms with Gasteiger partial charge in [0.1, 0.15) is 0 Å². The molecule has 92 valence electrons. The predicted molar refractivity (Wildman–Crippen MR) is 72.2 cm³/mol. The number of nitrogens with one attached hydrogen (secondary N) is 1. The number of aryl methyl sites for hydroxylation is 2. The van der Waals surface area contributed by atoms with Crippen LogP contribution in [0.2, 0.25) is 0 Å². The summed E-state index contributed by atoms with van der Waals surface area (Å²) in [4.78, 5) is 1.38. The maximum Gasteiger partial charge on any atom is 0.0666 e. The molecule has 0 unspecified atom stereocenters. The van der Waals surface area contributed by atoms with Crippen LogP contribution in [0.5, 0.6) is 0 Å². The Balaban J connectivity index is 1.97. The van der Waals surface area contributed by atoms with Gasteiger partial charge in [0.25, 0.3) is 0 Å². The fraction of sp³-hybridized carbons (Fsp3) is 0.462. The van der Waals surface area contributed by atoms with Crippen molar-refractivity contribution in [2.24, 2.45) is 7.05 Å². The molecule has 2 heterocycles. The third kappa shape index (κ3) is 2.96. The molecule has 0 aliphatic rings. The fourth-order valence-electron chi connectivity index (χ4n) is 1.93. The van der Waals surface area contributed by atoms with Crippen molar-refractivity contribution < 1.29 is 0 Å². The summed E-state index contributed by atoms with van der Waals surface area (Å²) in [6.45, 7) is 5.23. The molecule has 0 aromatic carbocycles. The molecule has 2 aromatic heterocycles. The SMILES string of the molecule is CCc1nn(C)cc1CN[C@H](C)c1cccs1. The van der Waals surface area contributed by atoms with Crippen LogP contribution in [0.15, 0.2) is 23.7 Å². The summed E-state index contributed by atoms with van der Waals surface area (Å²) in [5.74, 6) is 0. The van der Waals surface area contributed by atoms with E-state index in [1.165, 1.54) is 16.1 Å². The van der Waals surface area contributed by atoms with E-state index in [9.17, 15) is 0 Å². The van der Waals surface area contributed by atoms with Crippen molar-refractivity contribution in [3.05, 3.63) is 39.8 Å². The number of aromatic nitrogens is 2. The maximum absolute atomic E-state index is 4.45. The van der Waals surface area contributed by atoms with E-state index in [2.05, 4.69) is 48.0 Å². The Kier molecular flexibility index (Phi) is 3.97. The van der Waals surface area contributed by atoms with E-state index in [0.717, 1.165) is 13.0 Å². The van der Waals surface area contributed by atoms with Gasteiger partial charge in [-0.3, -0.25) is 4.68 Å². The lowest BCUT2D eigenvalue weighted by molar-refractivity contribution is 0.580. The van der Waals surface area contributed by atoms with Gasteiger partial charge < -0.3 is 5.32 Å². The van der Waals surface area contributed by atoms with Crippen molar-refractivity contribution in [3.8, 4) is 0 Å². The van der Waals surface area contributed by atoms with Gasteiger partial charge in [0.05, 0.1) is 5.69 Å².